The minimum atomic E-state index is -3.33. The van der Waals surface area contributed by atoms with Gasteiger partial charge in [-0.3, -0.25) is 9.10 Å². The molecule has 0 atom stereocenters. The zero-order chi connectivity index (χ0) is 16.6. The highest BCUT2D eigenvalue weighted by molar-refractivity contribution is 7.92. The van der Waals surface area contributed by atoms with Gasteiger partial charge < -0.3 is 4.52 Å². The number of carbonyl (C=O) groups excluding carboxylic acids is 1. The van der Waals surface area contributed by atoms with Gasteiger partial charge in [0.25, 0.3) is 0 Å². The molecule has 23 heavy (non-hydrogen) atoms. The topological polar surface area (TPSA) is 80.5 Å². The average Bonchev–Trinajstić information content (AvgIpc) is 3.27. The zero-order valence-corrected chi connectivity index (χ0v) is 13.8. The first-order valence-electron chi connectivity index (χ1n) is 7.48. The summed E-state index contributed by atoms with van der Waals surface area (Å²) in [5.74, 6) is 0.171. The minimum absolute atomic E-state index is 0.0367. The summed E-state index contributed by atoms with van der Waals surface area (Å²) in [5, 5.41) is 3.54. The monoisotopic (exact) mass is 334 g/mol. The third-order valence-corrected chi connectivity index (χ3v) is 5.88. The van der Waals surface area contributed by atoms with Gasteiger partial charge >= 0.3 is 0 Å². The van der Waals surface area contributed by atoms with Crippen LogP contribution in [0.2, 0.25) is 0 Å². The van der Waals surface area contributed by atoms with Crippen molar-refractivity contribution in [1.82, 2.24) is 5.16 Å². The molecule has 0 radical (unpaired) electrons. The van der Waals surface area contributed by atoms with Crippen molar-refractivity contribution in [1.29, 1.82) is 0 Å². The van der Waals surface area contributed by atoms with Crippen LogP contribution < -0.4 is 4.31 Å². The van der Waals surface area contributed by atoms with Crippen molar-refractivity contribution in [2.75, 3.05) is 17.1 Å². The quantitative estimate of drug-likeness (QED) is 0.759. The van der Waals surface area contributed by atoms with E-state index < -0.39 is 10.0 Å². The highest BCUT2D eigenvalue weighted by atomic mass is 32.2. The van der Waals surface area contributed by atoms with Crippen LogP contribution >= 0.6 is 0 Å². The minimum Gasteiger partial charge on any atom is -0.364 e. The Labute approximate surface area is 135 Å². The lowest BCUT2D eigenvalue weighted by Crippen LogP contribution is -2.29. The molecule has 3 rings (SSSR count). The molecule has 6 nitrogen and oxygen atoms in total. The van der Waals surface area contributed by atoms with E-state index in [2.05, 4.69) is 5.16 Å². The van der Waals surface area contributed by atoms with Crippen LogP contribution in [-0.2, 0) is 10.0 Å². The third kappa shape index (κ3) is 3.01. The molecular weight excluding hydrogens is 316 g/mol. The molecule has 0 spiro atoms. The summed E-state index contributed by atoms with van der Waals surface area (Å²) in [6, 6.07) is 5.16. The molecule has 1 heterocycles. The van der Waals surface area contributed by atoms with Gasteiger partial charge in [0.05, 0.1) is 23.2 Å². The molecule has 0 unspecified atom stereocenters. The predicted octanol–water partition coefficient (Wildman–Crippen LogP) is 2.57. The third-order valence-electron chi connectivity index (χ3n) is 4.12. The lowest BCUT2D eigenvalue weighted by atomic mass is 10.00. The van der Waals surface area contributed by atoms with Crippen LogP contribution in [0.4, 0.5) is 5.69 Å². The van der Waals surface area contributed by atoms with E-state index in [4.69, 9.17) is 4.52 Å². The summed E-state index contributed by atoms with van der Waals surface area (Å²) in [4.78, 5) is 12.4. The van der Waals surface area contributed by atoms with E-state index in [1.165, 1.54) is 16.8 Å². The van der Waals surface area contributed by atoms with Crippen LogP contribution in [0.15, 0.2) is 35.2 Å². The molecule has 1 aliphatic rings. The van der Waals surface area contributed by atoms with Gasteiger partial charge in [-0.05, 0) is 49.4 Å². The van der Waals surface area contributed by atoms with Crippen molar-refractivity contribution in [3.8, 4) is 0 Å². The van der Waals surface area contributed by atoms with Gasteiger partial charge in [0.1, 0.15) is 6.26 Å². The van der Waals surface area contributed by atoms with Gasteiger partial charge in [-0.15, -0.1) is 0 Å². The number of anilines is 1. The molecule has 1 aliphatic carbocycles. The Morgan fingerprint density at radius 3 is 2.65 bits per heavy atom. The second-order valence-corrected chi connectivity index (χ2v) is 7.95. The number of rotatable bonds is 6. The summed E-state index contributed by atoms with van der Waals surface area (Å²) in [6.07, 6.45) is 4.71. The van der Waals surface area contributed by atoms with Crippen molar-refractivity contribution < 1.29 is 17.7 Å². The summed E-state index contributed by atoms with van der Waals surface area (Å²) < 4.78 is 30.3. The van der Waals surface area contributed by atoms with Gasteiger partial charge in [0.2, 0.25) is 10.0 Å². The molecule has 1 saturated carbocycles. The number of aromatic nitrogens is 1. The molecule has 1 aromatic carbocycles. The molecule has 0 aliphatic heterocycles. The molecule has 0 amide bonds. The summed E-state index contributed by atoms with van der Waals surface area (Å²) in [7, 11) is -1.78. The van der Waals surface area contributed by atoms with Crippen molar-refractivity contribution >= 4 is 21.5 Å². The van der Waals surface area contributed by atoms with E-state index >= 15 is 0 Å². The van der Waals surface area contributed by atoms with Crippen molar-refractivity contribution in [2.24, 2.45) is 0 Å². The molecule has 0 saturated heterocycles. The number of sulfonamides is 1. The Morgan fingerprint density at radius 1 is 1.35 bits per heavy atom. The van der Waals surface area contributed by atoms with Gasteiger partial charge in [-0.25, -0.2) is 8.42 Å². The Kier molecular flexibility index (Phi) is 3.97. The molecular formula is C16H18N2O4S. The lowest BCUT2D eigenvalue weighted by Gasteiger charge is -2.22. The normalized spacial score (nSPS) is 14.7. The van der Waals surface area contributed by atoms with Gasteiger partial charge in [-0.2, -0.15) is 0 Å². The van der Waals surface area contributed by atoms with Crippen molar-refractivity contribution in [3.63, 3.8) is 0 Å². The van der Waals surface area contributed by atoms with E-state index in [0.29, 0.717) is 22.7 Å². The highest BCUT2D eigenvalue weighted by Crippen LogP contribution is 2.45. The maximum atomic E-state index is 12.4. The number of nitrogens with zero attached hydrogens (tertiary/aromatic N) is 2. The Balaban J connectivity index is 2.02. The maximum absolute atomic E-state index is 12.4. The number of hydrogen-bond donors (Lipinski definition) is 0. The van der Waals surface area contributed by atoms with E-state index in [-0.39, 0.29) is 11.5 Å². The molecule has 7 heteroatoms. The van der Waals surface area contributed by atoms with Crippen molar-refractivity contribution in [2.45, 2.75) is 25.7 Å². The lowest BCUT2D eigenvalue weighted by molar-refractivity contribution is 0.103. The van der Waals surface area contributed by atoms with Crippen LogP contribution in [0.25, 0.3) is 0 Å². The van der Waals surface area contributed by atoms with Gasteiger partial charge in [0.15, 0.2) is 5.78 Å². The second kappa shape index (κ2) is 5.81. The van der Waals surface area contributed by atoms with Crippen LogP contribution in [0.1, 0.15) is 47.2 Å². The van der Waals surface area contributed by atoms with Gasteiger partial charge in [-0.1, -0.05) is 5.16 Å². The summed E-state index contributed by atoms with van der Waals surface area (Å²) in [6.45, 7) is 1.62. The first-order chi connectivity index (χ1) is 10.9. The molecule has 1 fully saturated rings. The Morgan fingerprint density at radius 2 is 2.09 bits per heavy atom. The second-order valence-electron chi connectivity index (χ2n) is 5.66. The van der Waals surface area contributed by atoms with Crippen LogP contribution in [0.5, 0.6) is 0 Å². The Hall–Kier alpha value is -2.15. The SMILES string of the molecule is CCS(=O)(=O)N(C)c1ccc(C(=O)c2cnoc2)cc1C1CC1. The molecule has 2 aromatic rings. The molecule has 0 bridgehead atoms. The van der Waals surface area contributed by atoms with Crippen LogP contribution in [-0.4, -0.2) is 32.2 Å². The molecule has 1 aromatic heterocycles. The van der Waals surface area contributed by atoms with E-state index in [9.17, 15) is 13.2 Å². The van der Waals surface area contributed by atoms with E-state index in [1.807, 2.05) is 0 Å². The summed E-state index contributed by atoms with van der Waals surface area (Å²) >= 11 is 0. The van der Waals surface area contributed by atoms with Crippen LogP contribution in [0, 0.1) is 0 Å². The molecule has 122 valence electrons. The van der Waals surface area contributed by atoms with E-state index in [1.54, 1.807) is 32.2 Å². The number of benzene rings is 1. The number of hydrogen-bond acceptors (Lipinski definition) is 5. The number of ketones is 1. The van der Waals surface area contributed by atoms with Crippen LogP contribution in [0.3, 0.4) is 0 Å². The highest BCUT2D eigenvalue weighted by Gasteiger charge is 2.30. The zero-order valence-electron chi connectivity index (χ0n) is 13.0. The maximum Gasteiger partial charge on any atom is 0.234 e. The average molecular weight is 334 g/mol. The fraction of sp³-hybridized carbons (Fsp3) is 0.375. The largest absolute Gasteiger partial charge is 0.364 e. The summed E-state index contributed by atoms with van der Waals surface area (Å²) in [5.41, 5.74) is 2.46. The molecule has 0 N–H and O–H groups in total. The first kappa shape index (κ1) is 15.7. The fourth-order valence-electron chi connectivity index (χ4n) is 2.53. The smallest absolute Gasteiger partial charge is 0.234 e. The van der Waals surface area contributed by atoms with Gasteiger partial charge in [0, 0.05) is 12.6 Å². The number of carbonyl (C=O) groups is 1. The first-order valence-corrected chi connectivity index (χ1v) is 9.09. The van der Waals surface area contributed by atoms with E-state index in [0.717, 1.165) is 18.4 Å². The predicted molar refractivity (Wildman–Crippen MR) is 86.2 cm³/mol. The standard InChI is InChI=1S/C16H18N2O4S/c1-3-23(20,21)18(2)15-7-6-12(8-14(15)11-4-5-11)16(19)13-9-17-22-10-13/h6-11H,3-5H2,1-2H3. The Bertz CT molecular complexity index is 824. The van der Waals surface area contributed by atoms with Crippen molar-refractivity contribution in [3.05, 3.63) is 47.3 Å². The fourth-order valence-corrected chi connectivity index (χ4v) is 3.38.